The molecule has 0 bridgehead atoms. The van der Waals surface area contributed by atoms with Gasteiger partial charge in [-0.1, -0.05) is 62.0 Å². The van der Waals surface area contributed by atoms with E-state index in [-0.39, 0.29) is 0 Å². The summed E-state index contributed by atoms with van der Waals surface area (Å²) >= 11 is 1.88. The highest BCUT2D eigenvalue weighted by molar-refractivity contribution is 8.13. The number of ether oxygens (including phenoxy) is 1. The zero-order valence-corrected chi connectivity index (χ0v) is 16.8. The Morgan fingerprint density at radius 3 is 2.12 bits per heavy atom. The van der Waals surface area contributed by atoms with E-state index in [0.29, 0.717) is 5.92 Å². The molecule has 3 nitrogen and oxygen atoms in total. The van der Waals surface area contributed by atoms with Gasteiger partial charge in [0.25, 0.3) is 0 Å². The minimum Gasteiger partial charge on any atom is -0.497 e. The first-order valence-corrected chi connectivity index (χ1v) is 10.3. The standard InChI is InChI=1S/C22H28N2OS/c1-17(2)20-9-5-18(6-10-20)15-24(22-23-13-4-14-26-22)16-19-7-11-21(25-3)12-8-19/h5-12,17H,4,13-16H2,1-3H3. The molecule has 2 aromatic rings. The molecule has 0 radical (unpaired) electrons. The van der Waals surface area contributed by atoms with Crippen LogP contribution in [0.3, 0.4) is 0 Å². The molecule has 0 amide bonds. The van der Waals surface area contributed by atoms with Crippen LogP contribution in [0.4, 0.5) is 0 Å². The van der Waals surface area contributed by atoms with E-state index >= 15 is 0 Å². The van der Waals surface area contributed by atoms with Gasteiger partial charge in [0.15, 0.2) is 5.17 Å². The van der Waals surface area contributed by atoms with Crippen LogP contribution < -0.4 is 4.74 Å². The summed E-state index contributed by atoms with van der Waals surface area (Å²) in [5, 5.41) is 1.17. The second-order valence-electron chi connectivity index (χ2n) is 6.97. The summed E-state index contributed by atoms with van der Waals surface area (Å²) in [6.45, 7) is 7.16. The van der Waals surface area contributed by atoms with Gasteiger partial charge in [0, 0.05) is 25.4 Å². The predicted molar refractivity (Wildman–Crippen MR) is 112 cm³/mol. The number of hydrogen-bond donors (Lipinski definition) is 0. The molecule has 1 aliphatic rings. The average molecular weight is 369 g/mol. The van der Waals surface area contributed by atoms with Gasteiger partial charge in [-0.15, -0.1) is 0 Å². The van der Waals surface area contributed by atoms with Crippen molar-refractivity contribution in [3.05, 3.63) is 65.2 Å². The highest BCUT2D eigenvalue weighted by Gasteiger charge is 2.16. The Hall–Kier alpha value is -1.94. The molecule has 0 aliphatic carbocycles. The molecule has 1 aliphatic heterocycles. The van der Waals surface area contributed by atoms with E-state index in [4.69, 9.17) is 9.73 Å². The first-order chi connectivity index (χ1) is 12.7. The van der Waals surface area contributed by atoms with E-state index in [2.05, 4.69) is 55.1 Å². The summed E-state index contributed by atoms with van der Waals surface area (Å²) < 4.78 is 5.28. The fourth-order valence-electron chi connectivity index (χ4n) is 3.01. The zero-order chi connectivity index (χ0) is 18.4. The van der Waals surface area contributed by atoms with Gasteiger partial charge >= 0.3 is 0 Å². The molecule has 1 heterocycles. The average Bonchev–Trinajstić information content (AvgIpc) is 2.69. The van der Waals surface area contributed by atoms with Crippen molar-refractivity contribution in [3.63, 3.8) is 0 Å². The van der Waals surface area contributed by atoms with Crippen molar-refractivity contribution in [1.82, 2.24) is 4.90 Å². The van der Waals surface area contributed by atoms with Crippen molar-refractivity contribution in [2.24, 2.45) is 4.99 Å². The molecular formula is C22H28N2OS. The van der Waals surface area contributed by atoms with E-state index in [1.807, 2.05) is 23.9 Å². The number of amidine groups is 1. The summed E-state index contributed by atoms with van der Waals surface area (Å²) in [6, 6.07) is 17.3. The van der Waals surface area contributed by atoms with Crippen molar-refractivity contribution in [1.29, 1.82) is 0 Å². The summed E-state index contributed by atoms with van der Waals surface area (Å²) in [6.07, 6.45) is 1.17. The Bertz CT molecular complexity index is 723. The van der Waals surface area contributed by atoms with Crippen LogP contribution in [-0.2, 0) is 13.1 Å². The van der Waals surface area contributed by atoms with Gasteiger partial charge in [-0.2, -0.15) is 0 Å². The largest absolute Gasteiger partial charge is 0.497 e. The van der Waals surface area contributed by atoms with E-state index < -0.39 is 0 Å². The van der Waals surface area contributed by atoms with Crippen molar-refractivity contribution in [2.45, 2.75) is 39.3 Å². The van der Waals surface area contributed by atoms with Crippen LogP contribution in [0.2, 0.25) is 0 Å². The van der Waals surface area contributed by atoms with E-state index in [0.717, 1.165) is 31.1 Å². The van der Waals surface area contributed by atoms with Crippen LogP contribution in [0.25, 0.3) is 0 Å². The molecule has 3 rings (SSSR count). The maximum atomic E-state index is 5.28. The molecule has 0 spiro atoms. The minimum absolute atomic E-state index is 0.567. The highest BCUT2D eigenvalue weighted by Crippen LogP contribution is 2.22. The summed E-state index contributed by atoms with van der Waals surface area (Å²) in [7, 11) is 1.70. The Kier molecular flexibility index (Phi) is 6.62. The van der Waals surface area contributed by atoms with Gasteiger partial charge in [0.05, 0.1) is 7.11 Å². The second-order valence-corrected chi connectivity index (χ2v) is 8.03. The molecule has 138 valence electrons. The van der Waals surface area contributed by atoms with Crippen molar-refractivity contribution in [2.75, 3.05) is 19.4 Å². The first-order valence-electron chi connectivity index (χ1n) is 9.29. The third-order valence-corrected chi connectivity index (χ3v) is 5.74. The lowest BCUT2D eigenvalue weighted by molar-refractivity contribution is 0.407. The molecule has 0 saturated carbocycles. The molecule has 0 saturated heterocycles. The van der Waals surface area contributed by atoms with Gasteiger partial charge in [0.2, 0.25) is 0 Å². The van der Waals surface area contributed by atoms with Crippen LogP contribution in [-0.4, -0.2) is 29.5 Å². The topological polar surface area (TPSA) is 24.8 Å². The molecule has 2 aromatic carbocycles. The summed E-state index contributed by atoms with van der Waals surface area (Å²) in [5.41, 5.74) is 4.00. The third kappa shape index (κ3) is 5.04. The lowest BCUT2D eigenvalue weighted by Crippen LogP contribution is -2.30. The minimum atomic E-state index is 0.567. The van der Waals surface area contributed by atoms with Crippen molar-refractivity contribution < 1.29 is 4.74 Å². The monoisotopic (exact) mass is 368 g/mol. The maximum Gasteiger partial charge on any atom is 0.159 e. The number of aliphatic imine (C=N–C) groups is 1. The van der Waals surface area contributed by atoms with Crippen LogP contribution in [0.15, 0.2) is 53.5 Å². The molecule has 26 heavy (non-hydrogen) atoms. The van der Waals surface area contributed by atoms with E-state index in [1.54, 1.807) is 7.11 Å². The van der Waals surface area contributed by atoms with Gasteiger partial charge in [-0.05, 0) is 41.2 Å². The maximum absolute atomic E-state index is 5.28. The lowest BCUT2D eigenvalue weighted by Gasteiger charge is -2.28. The molecule has 0 unspecified atom stereocenters. The quantitative estimate of drug-likeness (QED) is 0.690. The zero-order valence-electron chi connectivity index (χ0n) is 15.9. The van der Waals surface area contributed by atoms with E-state index in [1.165, 1.54) is 28.3 Å². The van der Waals surface area contributed by atoms with Crippen LogP contribution in [0.5, 0.6) is 5.75 Å². The number of thioether (sulfide) groups is 1. The van der Waals surface area contributed by atoms with Gasteiger partial charge in [-0.25, -0.2) is 0 Å². The smallest absolute Gasteiger partial charge is 0.159 e. The van der Waals surface area contributed by atoms with Crippen LogP contribution in [0.1, 0.15) is 42.9 Å². The number of rotatable bonds is 6. The normalized spacial score (nSPS) is 14.2. The Morgan fingerprint density at radius 2 is 1.62 bits per heavy atom. The molecule has 0 N–H and O–H groups in total. The Balaban J connectivity index is 1.77. The lowest BCUT2D eigenvalue weighted by atomic mass is 10.0. The fraction of sp³-hybridized carbons (Fsp3) is 0.409. The Labute approximate surface area is 161 Å². The fourth-order valence-corrected chi connectivity index (χ4v) is 3.96. The molecule has 0 aromatic heterocycles. The van der Waals surface area contributed by atoms with Crippen molar-refractivity contribution >= 4 is 16.9 Å². The van der Waals surface area contributed by atoms with Crippen LogP contribution in [0, 0.1) is 0 Å². The second kappa shape index (κ2) is 9.13. The van der Waals surface area contributed by atoms with Crippen LogP contribution >= 0.6 is 11.8 Å². The predicted octanol–water partition coefficient (Wildman–Crippen LogP) is 5.31. The molecular weight excluding hydrogens is 340 g/mol. The third-order valence-electron chi connectivity index (χ3n) is 4.60. The van der Waals surface area contributed by atoms with Gasteiger partial charge in [0.1, 0.15) is 5.75 Å². The van der Waals surface area contributed by atoms with Crippen molar-refractivity contribution in [3.8, 4) is 5.75 Å². The van der Waals surface area contributed by atoms with Gasteiger partial charge in [-0.3, -0.25) is 4.99 Å². The number of hydrogen-bond acceptors (Lipinski definition) is 4. The summed E-state index contributed by atoms with van der Waals surface area (Å²) in [4.78, 5) is 7.18. The van der Waals surface area contributed by atoms with E-state index in [9.17, 15) is 0 Å². The SMILES string of the molecule is COc1ccc(CN(Cc2ccc(C(C)C)cc2)C2=NCCCS2)cc1. The summed E-state index contributed by atoms with van der Waals surface area (Å²) in [5.74, 6) is 2.62. The van der Waals surface area contributed by atoms with Gasteiger partial charge < -0.3 is 9.64 Å². The molecule has 0 atom stereocenters. The Morgan fingerprint density at radius 1 is 1.00 bits per heavy atom. The first kappa shape index (κ1) is 18.8. The number of nitrogens with zero attached hydrogens (tertiary/aromatic N) is 2. The highest BCUT2D eigenvalue weighted by atomic mass is 32.2. The number of benzene rings is 2. The molecule has 0 fully saturated rings. The number of methoxy groups -OCH3 is 1. The molecule has 4 heteroatoms.